The Hall–Kier alpha value is -3.52. The number of aliphatic hydroxyl groups excluding tert-OH is 1. The number of fused-ring (bicyclic) bond motifs is 2. The van der Waals surface area contributed by atoms with Gasteiger partial charge < -0.3 is 14.6 Å². The van der Waals surface area contributed by atoms with E-state index in [0.717, 1.165) is 38.2 Å². The smallest absolute Gasteiger partial charge is 0.244 e. The van der Waals surface area contributed by atoms with Gasteiger partial charge in [-0.05, 0) is 77.9 Å². The molecule has 196 valence electrons. The zero-order valence-electron chi connectivity index (χ0n) is 21.5. The van der Waals surface area contributed by atoms with E-state index in [9.17, 15) is 18.3 Å². The standard InChI is InChI=1S/C31H31NO5S/c1-31(2)17-16-25-18-27(14-15-30(25)37-31)38(35,36)32(26(20-33)21-34)19-22-10-12-24(13-11-22)29-9-5-7-23-6-3-4-8-28(23)29/h3-15,18,20,26,34H,16-17,19,21H2,1-2H3. The number of aldehydes is 1. The first-order chi connectivity index (χ1) is 18.2. The first kappa shape index (κ1) is 26.1. The summed E-state index contributed by atoms with van der Waals surface area (Å²) in [7, 11) is -4.09. The molecule has 1 heterocycles. The van der Waals surface area contributed by atoms with Crippen LogP contribution >= 0.6 is 0 Å². The molecule has 0 aliphatic carbocycles. The number of aryl methyl sites for hydroxylation is 1. The van der Waals surface area contributed by atoms with Crippen molar-refractivity contribution < 1.29 is 23.1 Å². The average molecular weight is 530 g/mol. The second kappa shape index (κ2) is 10.3. The number of sulfonamides is 1. The van der Waals surface area contributed by atoms with Crippen molar-refractivity contribution in [2.45, 2.75) is 49.8 Å². The van der Waals surface area contributed by atoms with Crippen LogP contribution in [-0.2, 0) is 27.8 Å². The van der Waals surface area contributed by atoms with E-state index < -0.39 is 22.7 Å². The molecule has 1 atom stereocenters. The van der Waals surface area contributed by atoms with E-state index in [1.54, 1.807) is 12.1 Å². The Morgan fingerprint density at radius 3 is 2.47 bits per heavy atom. The molecule has 0 saturated carbocycles. The Morgan fingerprint density at radius 2 is 1.74 bits per heavy atom. The normalized spacial score (nSPS) is 15.6. The molecule has 5 rings (SSSR count). The topological polar surface area (TPSA) is 83.9 Å². The van der Waals surface area contributed by atoms with Crippen LogP contribution in [0, 0.1) is 0 Å². The quantitative estimate of drug-likeness (QED) is 0.311. The Kier molecular flexibility index (Phi) is 7.09. The van der Waals surface area contributed by atoms with Gasteiger partial charge in [-0.2, -0.15) is 4.31 Å². The van der Waals surface area contributed by atoms with Crippen LogP contribution in [0.1, 0.15) is 31.4 Å². The fourth-order valence-electron chi connectivity index (χ4n) is 4.96. The summed E-state index contributed by atoms with van der Waals surface area (Å²) in [5.41, 5.74) is 3.31. The van der Waals surface area contributed by atoms with Gasteiger partial charge in [0.2, 0.25) is 10.0 Å². The highest BCUT2D eigenvalue weighted by Gasteiger charge is 2.33. The second-order valence-corrected chi connectivity index (χ2v) is 12.2. The van der Waals surface area contributed by atoms with Gasteiger partial charge in [0.25, 0.3) is 0 Å². The van der Waals surface area contributed by atoms with Crippen molar-refractivity contribution in [1.29, 1.82) is 0 Å². The van der Waals surface area contributed by atoms with Gasteiger partial charge in [0.15, 0.2) is 0 Å². The predicted octanol–water partition coefficient (Wildman–Crippen LogP) is 5.36. The third-order valence-electron chi connectivity index (χ3n) is 7.13. The summed E-state index contributed by atoms with van der Waals surface area (Å²) in [6.45, 7) is 3.34. The minimum absolute atomic E-state index is 0.0528. The fraction of sp³-hybridized carbons (Fsp3) is 0.258. The minimum Gasteiger partial charge on any atom is -0.488 e. The molecule has 1 aliphatic rings. The van der Waals surface area contributed by atoms with Crippen molar-refractivity contribution in [2.75, 3.05) is 6.61 Å². The average Bonchev–Trinajstić information content (AvgIpc) is 2.92. The highest BCUT2D eigenvalue weighted by Crippen LogP contribution is 2.35. The van der Waals surface area contributed by atoms with Crippen LogP contribution in [0.4, 0.5) is 0 Å². The maximum atomic E-state index is 13.8. The summed E-state index contributed by atoms with van der Waals surface area (Å²) in [4.78, 5) is 11.9. The van der Waals surface area contributed by atoms with E-state index in [-0.39, 0.29) is 17.0 Å². The number of benzene rings is 4. The molecule has 0 aromatic heterocycles. The van der Waals surface area contributed by atoms with Gasteiger partial charge >= 0.3 is 0 Å². The van der Waals surface area contributed by atoms with Crippen LogP contribution in [0.3, 0.4) is 0 Å². The molecule has 1 unspecified atom stereocenters. The third kappa shape index (κ3) is 5.10. The third-order valence-corrected chi connectivity index (χ3v) is 9.00. The molecule has 0 radical (unpaired) electrons. The van der Waals surface area contributed by atoms with Crippen LogP contribution in [0.25, 0.3) is 21.9 Å². The summed E-state index contributed by atoms with van der Waals surface area (Å²) in [5, 5.41) is 12.1. The van der Waals surface area contributed by atoms with Gasteiger partial charge in [0.1, 0.15) is 23.7 Å². The molecule has 0 fully saturated rings. The summed E-state index contributed by atoms with van der Waals surface area (Å²) >= 11 is 0. The van der Waals surface area contributed by atoms with Crippen molar-refractivity contribution in [3.63, 3.8) is 0 Å². The number of carbonyl (C=O) groups excluding carboxylic acids is 1. The molecule has 38 heavy (non-hydrogen) atoms. The molecule has 0 bridgehead atoms. The van der Waals surface area contributed by atoms with Crippen molar-refractivity contribution in [2.24, 2.45) is 0 Å². The van der Waals surface area contributed by atoms with E-state index in [2.05, 4.69) is 24.3 Å². The van der Waals surface area contributed by atoms with Crippen molar-refractivity contribution in [3.05, 3.63) is 96.1 Å². The van der Waals surface area contributed by atoms with E-state index in [1.807, 2.05) is 56.3 Å². The van der Waals surface area contributed by atoms with Crippen molar-refractivity contribution in [3.8, 4) is 16.9 Å². The zero-order chi connectivity index (χ0) is 26.9. The molecular formula is C31H31NO5S. The second-order valence-electron chi connectivity index (χ2n) is 10.3. The lowest BCUT2D eigenvalue weighted by atomic mass is 9.94. The van der Waals surface area contributed by atoms with E-state index in [0.29, 0.717) is 24.0 Å². The summed E-state index contributed by atoms with van der Waals surface area (Å²) < 4.78 is 34.6. The minimum atomic E-state index is -4.09. The summed E-state index contributed by atoms with van der Waals surface area (Å²) in [5.74, 6) is 0.671. The van der Waals surface area contributed by atoms with Gasteiger partial charge in [0, 0.05) is 6.54 Å². The number of hydrogen-bond donors (Lipinski definition) is 1. The lowest BCUT2D eigenvalue weighted by Crippen LogP contribution is -2.43. The van der Waals surface area contributed by atoms with Crippen LogP contribution in [0.15, 0.2) is 89.8 Å². The first-order valence-electron chi connectivity index (χ1n) is 12.7. The molecular weight excluding hydrogens is 498 g/mol. The number of rotatable bonds is 8. The number of nitrogens with zero attached hydrogens (tertiary/aromatic N) is 1. The van der Waals surface area contributed by atoms with Gasteiger partial charge in [-0.1, -0.05) is 66.7 Å². The van der Waals surface area contributed by atoms with Crippen LogP contribution in [0.2, 0.25) is 0 Å². The highest BCUT2D eigenvalue weighted by molar-refractivity contribution is 7.89. The lowest BCUT2D eigenvalue weighted by Gasteiger charge is -2.33. The number of aliphatic hydroxyl groups is 1. The largest absolute Gasteiger partial charge is 0.488 e. The van der Waals surface area contributed by atoms with Crippen LogP contribution < -0.4 is 4.74 Å². The van der Waals surface area contributed by atoms with Crippen molar-refractivity contribution in [1.82, 2.24) is 4.31 Å². The van der Waals surface area contributed by atoms with Gasteiger partial charge in [-0.25, -0.2) is 8.42 Å². The predicted molar refractivity (Wildman–Crippen MR) is 149 cm³/mol. The Morgan fingerprint density at radius 1 is 1.00 bits per heavy atom. The summed E-state index contributed by atoms with van der Waals surface area (Å²) in [6, 6.07) is 25.5. The van der Waals surface area contributed by atoms with Gasteiger partial charge in [-0.3, -0.25) is 0 Å². The monoisotopic (exact) mass is 529 g/mol. The Labute approximate surface area is 223 Å². The molecule has 1 N–H and O–H groups in total. The molecule has 4 aromatic carbocycles. The maximum absolute atomic E-state index is 13.8. The van der Waals surface area contributed by atoms with Gasteiger partial charge in [0.05, 0.1) is 11.5 Å². The first-order valence-corrected chi connectivity index (χ1v) is 14.1. The Bertz CT molecular complexity index is 1570. The van der Waals surface area contributed by atoms with Crippen LogP contribution in [-0.4, -0.2) is 42.4 Å². The molecule has 0 spiro atoms. The SMILES string of the molecule is CC1(C)CCc2cc(S(=O)(=O)N(Cc3ccc(-c4cccc5ccccc45)cc3)C(C=O)CO)ccc2O1. The number of carbonyl (C=O) groups is 1. The van der Waals surface area contributed by atoms with E-state index in [1.165, 1.54) is 6.07 Å². The number of ether oxygens (including phenoxy) is 1. The molecule has 7 heteroatoms. The van der Waals surface area contributed by atoms with Crippen molar-refractivity contribution >= 4 is 27.1 Å². The molecule has 0 amide bonds. The molecule has 0 saturated heterocycles. The molecule has 1 aliphatic heterocycles. The maximum Gasteiger partial charge on any atom is 0.244 e. The van der Waals surface area contributed by atoms with E-state index >= 15 is 0 Å². The van der Waals surface area contributed by atoms with Crippen LogP contribution in [0.5, 0.6) is 5.75 Å². The fourth-order valence-corrected chi connectivity index (χ4v) is 6.55. The highest BCUT2D eigenvalue weighted by atomic mass is 32.2. The lowest BCUT2D eigenvalue weighted by molar-refractivity contribution is -0.112. The number of hydrogen-bond acceptors (Lipinski definition) is 5. The summed E-state index contributed by atoms with van der Waals surface area (Å²) in [6.07, 6.45) is 1.94. The zero-order valence-corrected chi connectivity index (χ0v) is 22.3. The Balaban J connectivity index is 1.45. The van der Waals surface area contributed by atoms with E-state index in [4.69, 9.17) is 4.74 Å². The molecule has 4 aromatic rings. The van der Waals surface area contributed by atoms with Gasteiger partial charge in [-0.15, -0.1) is 0 Å². The molecule has 6 nitrogen and oxygen atoms in total.